The van der Waals surface area contributed by atoms with Crippen molar-refractivity contribution >= 4 is 20.8 Å². The fourth-order valence-electron chi connectivity index (χ4n) is 2.80. The van der Waals surface area contributed by atoms with Crippen molar-refractivity contribution in [3.63, 3.8) is 0 Å². The fourth-order valence-corrected chi connectivity index (χ4v) is 4.39. The highest BCUT2D eigenvalue weighted by Crippen LogP contribution is 2.22. The van der Waals surface area contributed by atoms with Crippen LogP contribution < -0.4 is 5.32 Å². The number of sulfonamides is 1. The van der Waals surface area contributed by atoms with Gasteiger partial charge >= 0.3 is 0 Å². The third kappa shape index (κ3) is 3.14. The molecule has 1 fully saturated rings. The molecule has 1 atom stereocenters. The van der Waals surface area contributed by atoms with Crippen LogP contribution in [0.4, 0.5) is 0 Å². The van der Waals surface area contributed by atoms with Crippen molar-refractivity contribution in [3.05, 3.63) is 36.7 Å². The molecule has 0 saturated carbocycles. The Morgan fingerprint density at radius 2 is 2.09 bits per heavy atom. The highest BCUT2D eigenvalue weighted by atomic mass is 32.2. The monoisotopic (exact) mass is 319 g/mol. The summed E-state index contributed by atoms with van der Waals surface area (Å²) in [5, 5.41) is 5.13. The summed E-state index contributed by atoms with van der Waals surface area (Å²) in [4.78, 5) is 4.42. The second-order valence-corrected chi connectivity index (χ2v) is 7.83. The summed E-state index contributed by atoms with van der Waals surface area (Å²) >= 11 is 0. The van der Waals surface area contributed by atoms with E-state index in [9.17, 15) is 8.42 Å². The lowest BCUT2D eigenvalue weighted by atomic mass is 10.1. The van der Waals surface area contributed by atoms with Gasteiger partial charge in [0.05, 0.1) is 4.90 Å². The van der Waals surface area contributed by atoms with Gasteiger partial charge in [-0.15, -0.1) is 0 Å². The van der Waals surface area contributed by atoms with Crippen molar-refractivity contribution in [1.29, 1.82) is 0 Å². The maximum absolute atomic E-state index is 12.9. The molecule has 22 heavy (non-hydrogen) atoms. The van der Waals surface area contributed by atoms with E-state index in [1.54, 1.807) is 28.8 Å². The van der Waals surface area contributed by atoms with Crippen LogP contribution in [0.25, 0.3) is 10.8 Å². The maximum atomic E-state index is 12.9. The first-order valence-corrected chi connectivity index (χ1v) is 9.06. The maximum Gasteiger partial charge on any atom is 0.243 e. The molecule has 2 heterocycles. The minimum atomic E-state index is -3.45. The number of rotatable bonds is 2. The van der Waals surface area contributed by atoms with Crippen LogP contribution in [0.15, 0.2) is 41.6 Å². The first kappa shape index (κ1) is 15.4. The first-order chi connectivity index (χ1) is 10.6. The second-order valence-electron chi connectivity index (χ2n) is 5.89. The molecule has 6 heteroatoms. The van der Waals surface area contributed by atoms with Crippen molar-refractivity contribution < 1.29 is 8.42 Å². The molecule has 1 aromatic heterocycles. The van der Waals surface area contributed by atoms with Gasteiger partial charge in [-0.05, 0) is 42.5 Å². The normalized spacial score (nSPS) is 21.4. The molecule has 1 N–H and O–H groups in total. The van der Waals surface area contributed by atoms with E-state index in [-0.39, 0.29) is 0 Å². The standard InChI is InChI=1S/C16H21N3O2S/c1-13-4-6-17-8-9-19(12-13)22(20,21)16-3-2-15-11-18-7-5-14(15)10-16/h2-3,5,7,10-11,13,17H,4,6,8-9,12H2,1H3/t13-/m1/s1. The summed E-state index contributed by atoms with van der Waals surface area (Å²) in [5.74, 6) is 0.354. The van der Waals surface area contributed by atoms with Crippen LogP contribution in [-0.2, 0) is 10.0 Å². The van der Waals surface area contributed by atoms with E-state index in [4.69, 9.17) is 0 Å². The number of fused-ring (bicyclic) bond motifs is 1. The molecule has 118 valence electrons. The van der Waals surface area contributed by atoms with Gasteiger partial charge in [-0.1, -0.05) is 13.0 Å². The lowest BCUT2D eigenvalue weighted by Crippen LogP contribution is -2.42. The molecule has 3 rings (SSSR count). The number of benzene rings is 1. The van der Waals surface area contributed by atoms with Gasteiger partial charge in [-0.25, -0.2) is 8.42 Å². The summed E-state index contributed by atoms with van der Waals surface area (Å²) in [6, 6.07) is 7.08. The molecule has 5 nitrogen and oxygen atoms in total. The molecule has 2 aromatic rings. The van der Waals surface area contributed by atoms with Gasteiger partial charge in [-0.3, -0.25) is 4.98 Å². The molecular weight excluding hydrogens is 298 g/mol. The van der Waals surface area contributed by atoms with E-state index < -0.39 is 10.0 Å². The zero-order valence-corrected chi connectivity index (χ0v) is 13.5. The molecule has 1 saturated heterocycles. The Morgan fingerprint density at radius 3 is 2.95 bits per heavy atom. The molecule has 0 spiro atoms. The number of pyridine rings is 1. The fraction of sp³-hybridized carbons (Fsp3) is 0.438. The van der Waals surface area contributed by atoms with Crippen molar-refractivity contribution in [2.45, 2.75) is 18.2 Å². The Bertz CT molecular complexity index is 761. The molecule has 0 aliphatic carbocycles. The Hall–Kier alpha value is -1.50. The lowest BCUT2D eigenvalue weighted by molar-refractivity contribution is 0.316. The summed E-state index contributed by atoms with van der Waals surface area (Å²) in [6.07, 6.45) is 4.42. The Kier molecular flexibility index (Phi) is 4.42. The summed E-state index contributed by atoms with van der Waals surface area (Å²) < 4.78 is 27.5. The van der Waals surface area contributed by atoms with E-state index in [1.807, 2.05) is 12.1 Å². The number of nitrogens with one attached hydrogen (secondary N) is 1. The van der Waals surface area contributed by atoms with Crippen LogP contribution in [0.3, 0.4) is 0 Å². The molecule has 0 amide bonds. The smallest absolute Gasteiger partial charge is 0.243 e. The predicted octanol–water partition coefficient (Wildman–Crippen LogP) is 1.85. The zero-order valence-electron chi connectivity index (χ0n) is 12.7. The van der Waals surface area contributed by atoms with E-state index in [2.05, 4.69) is 17.2 Å². The topological polar surface area (TPSA) is 62.3 Å². The molecule has 1 aromatic carbocycles. The van der Waals surface area contributed by atoms with Gasteiger partial charge in [0.1, 0.15) is 0 Å². The van der Waals surface area contributed by atoms with E-state index in [0.717, 1.165) is 23.7 Å². The van der Waals surface area contributed by atoms with Gasteiger partial charge in [0.15, 0.2) is 0 Å². The molecule has 1 aliphatic heterocycles. The zero-order chi connectivity index (χ0) is 15.6. The number of hydrogen-bond acceptors (Lipinski definition) is 4. The highest BCUT2D eigenvalue weighted by Gasteiger charge is 2.26. The van der Waals surface area contributed by atoms with Crippen LogP contribution in [0.2, 0.25) is 0 Å². The molecule has 0 bridgehead atoms. The van der Waals surface area contributed by atoms with Gasteiger partial charge in [0, 0.05) is 37.4 Å². The number of hydrogen-bond donors (Lipinski definition) is 1. The second kappa shape index (κ2) is 6.32. The van der Waals surface area contributed by atoms with Crippen molar-refractivity contribution in [2.75, 3.05) is 26.2 Å². The minimum Gasteiger partial charge on any atom is -0.315 e. The van der Waals surface area contributed by atoms with E-state index in [0.29, 0.717) is 30.4 Å². The Balaban J connectivity index is 1.95. The van der Waals surface area contributed by atoms with Gasteiger partial charge in [0.2, 0.25) is 10.0 Å². The van der Waals surface area contributed by atoms with Crippen LogP contribution >= 0.6 is 0 Å². The molecular formula is C16H21N3O2S. The summed E-state index contributed by atoms with van der Waals surface area (Å²) in [7, 11) is -3.45. The quantitative estimate of drug-likeness (QED) is 0.918. The van der Waals surface area contributed by atoms with Crippen LogP contribution in [0.1, 0.15) is 13.3 Å². The average molecular weight is 319 g/mol. The van der Waals surface area contributed by atoms with Crippen LogP contribution in [0, 0.1) is 5.92 Å². The largest absolute Gasteiger partial charge is 0.315 e. The third-order valence-electron chi connectivity index (χ3n) is 4.12. The SMILES string of the molecule is C[C@@H]1CCNCCN(S(=O)(=O)c2ccc3cnccc3c2)C1. The molecule has 0 radical (unpaired) electrons. The Morgan fingerprint density at radius 1 is 1.23 bits per heavy atom. The van der Waals surface area contributed by atoms with Gasteiger partial charge < -0.3 is 5.32 Å². The highest BCUT2D eigenvalue weighted by molar-refractivity contribution is 7.89. The summed E-state index contributed by atoms with van der Waals surface area (Å²) in [6.45, 7) is 4.85. The predicted molar refractivity (Wildman–Crippen MR) is 87.2 cm³/mol. The van der Waals surface area contributed by atoms with Crippen LogP contribution in [-0.4, -0.2) is 43.9 Å². The van der Waals surface area contributed by atoms with Gasteiger partial charge in [0.25, 0.3) is 0 Å². The minimum absolute atomic E-state index is 0.354. The lowest BCUT2D eigenvalue weighted by Gasteiger charge is -2.28. The van der Waals surface area contributed by atoms with Crippen molar-refractivity contribution in [1.82, 2.24) is 14.6 Å². The average Bonchev–Trinajstić information content (AvgIpc) is 2.50. The Labute approximate surface area is 131 Å². The van der Waals surface area contributed by atoms with Gasteiger partial charge in [-0.2, -0.15) is 4.31 Å². The van der Waals surface area contributed by atoms with E-state index in [1.165, 1.54) is 0 Å². The van der Waals surface area contributed by atoms with Crippen molar-refractivity contribution in [3.8, 4) is 0 Å². The third-order valence-corrected chi connectivity index (χ3v) is 5.98. The van der Waals surface area contributed by atoms with Crippen LogP contribution in [0.5, 0.6) is 0 Å². The number of nitrogens with zero attached hydrogens (tertiary/aromatic N) is 2. The van der Waals surface area contributed by atoms with Crippen molar-refractivity contribution in [2.24, 2.45) is 5.92 Å². The number of aromatic nitrogens is 1. The van der Waals surface area contributed by atoms with E-state index >= 15 is 0 Å². The first-order valence-electron chi connectivity index (χ1n) is 7.62. The molecule has 1 aliphatic rings. The molecule has 0 unspecified atom stereocenters. The summed E-state index contributed by atoms with van der Waals surface area (Å²) in [5.41, 5.74) is 0.